The fourth-order valence-corrected chi connectivity index (χ4v) is 3.90. The smallest absolute Gasteiger partial charge is 0.349 e. The molecule has 35 heavy (non-hydrogen) atoms. The van der Waals surface area contributed by atoms with E-state index in [1.807, 2.05) is 56.3 Å². The fraction of sp³-hybridized carbons (Fsp3) is 0.214. The van der Waals surface area contributed by atoms with Crippen molar-refractivity contribution in [2.24, 2.45) is 5.73 Å². The second-order valence-electron chi connectivity index (χ2n) is 8.04. The Hall–Kier alpha value is -4.44. The second kappa shape index (κ2) is 10.7. The van der Waals surface area contributed by atoms with Crippen molar-refractivity contribution >= 4 is 5.97 Å². The highest BCUT2D eigenvalue weighted by molar-refractivity contribution is 5.74. The van der Waals surface area contributed by atoms with E-state index in [2.05, 4.69) is 6.07 Å². The number of para-hydroxylation sites is 2. The summed E-state index contributed by atoms with van der Waals surface area (Å²) < 4.78 is 22.7. The molecule has 0 saturated heterocycles. The van der Waals surface area contributed by atoms with E-state index < -0.39 is 11.9 Å². The predicted molar refractivity (Wildman–Crippen MR) is 130 cm³/mol. The zero-order valence-electron chi connectivity index (χ0n) is 19.6. The maximum atomic E-state index is 12.4. The molecule has 1 aliphatic rings. The van der Waals surface area contributed by atoms with Crippen LogP contribution in [0.4, 0.5) is 0 Å². The molecule has 4 rings (SSSR count). The van der Waals surface area contributed by atoms with Crippen molar-refractivity contribution in [3.63, 3.8) is 0 Å². The first-order valence-electron chi connectivity index (χ1n) is 11.3. The van der Waals surface area contributed by atoms with E-state index >= 15 is 0 Å². The van der Waals surface area contributed by atoms with Gasteiger partial charge in [-0.15, -0.1) is 0 Å². The van der Waals surface area contributed by atoms with Crippen LogP contribution in [0.2, 0.25) is 0 Å². The summed E-state index contributed by atoms with van der Waals surface area (Å²) >= 11 is 0. The van der Waals surface area contributed by atoms with E-state index in [0.717, 1.165) is 23.1 Å². The predicted octanol–water partition coefficient (Wildman–Crippen LogP) is 4.99. The number of hydrogen-bond donors (Lipinski definition) is 1. The molecular formula is C28H26N2O5. The van der Waals surface area contributed by atoms with Crippen LogP contribution in [0.1, 0.15) is 36.0 Å². The third-order valence-electron chi connectivity index (χ3n) is 5.55. The van der Waals surface area contributed by atoms with Gasteiger partial charge >= 0.3 is 5.97 Å². The number of hydrogen-bond acceptors (Lipinski definition) is 7. The van der Waals surface area contributed by atoms with Gasteiger partial charge in [-0.2, -0.15) is 5.26 Å². The molecule has 0 amide bonds. The van der Waals surface area contributed by atoms with Crippen LogP contribution in [0.15, 0.2) is 78.2 Å². The van der Waals surface area contributed by atoms with Crippen LogP contribution in [0.5, 0.6) is 23.0 Å². The summed E-state index contributed by atoms with van der Waals surface area (Å²) in [5.74, 6) is 0.947. The SMILES string of the molecule is CCCOc1ccccc1C1C(C#N)=C(N)Oc2cc(OC(=O)COc3ccccc3C)ccc21. The van der Waals surface area contributed by atoms with Gasteiger partial charge in [0.1, 0.15) is 34.6 Å². The quantitative estimate of drug-likeness (QED) is 0.365. The number of nitriles is 1. The van der Waals surface area contributed by atoms with E-state index in [1.165, 1.54) is 0 Å². The Bertz CT molecular complexity index is 1310. The molecule has 7 heteroatoms. The van der Waals surface area contributed by atoms with Crippen molar-refractivity contribution in [3.8, 4) is 29.1 Å². The van der Waals surface area contributed by atoms with Gasteiger partial charge in [0.15, 0.2) is 6.61 Å². The molecular weight excluding hydrogens is 444 g/mol. The Morgan fingerprint density at radius 2 is 1.77 bits per heavy atom. The lowest BCUT2D eigenvalue weighted by atomic mass is 9.83. The van der Waals surface area contributed by atoms with Gasteiger partial charge in [-0.3, -0.25) is 0 Å². The molecule has 0 bridgehead atoms. The zero-order chi connectivity index (χ0) is 24.8. The molecule has 0 aliphatic carbocycles. The number of allylic oxidation sites excluding steroid dienone is 1. The minimum Gasteiger partial charge on any atom is -0.493 e. The zero-order valence-corrected chi connectivity index (χ0v) is 19.6. The summed E-state index contributed by atoms with van der Waals surface area (Å²) in [7, 11) is 0. The summed E-state index contributed by atoms with van der Waals surface area (Å²) in [6, 6.07) is 22.2. The molecule has 178 valence electrons. The number of rotatable bonds is 8. The maximum absolute atomic E-state index is 12.4. The monoisotopic (exact) mass is 470 g/mol. The van der Waals surface area contributed by atoms with Gasteiger partial charge in [0, 0.05) is 17.2 Å². The molecule has 0 spiro atoms. The number of esters is 1. The van der Waals surface area contributed by atoms with Crippen LogP contribution >= 0.6 is 0 Å². The minimum absolute atomic E-state index is 0.00153. The van der Waals surface area contributed by atoms with Crippen LogP contribution in [0.3, 0.4) is 0 Å². The molecule has 0 fully saturated rings. The standard InChI is InChI=1S/C28H26N2O5/c1-3-14-32-24-11-7-5-9-20(24)27-21-13-12-19(15-25(21)35-28(30)22(27)16-29)34-26(31)17-33-23-10-6-4-8-18(23)2/h4-13,15,27H,3,14,17,30H2,1-2H3. The van der Waals surface area contributed by atoms with Crippen LogP contribution < -0.4 is 24.7 Å². The lowest BCUT2D eigenvalue weighted by Crippen LogP contribution is -2.22. The Morgan fingerprint density at radius 3 is 2.51 bits per heavy atom. The number of aryl methyl sites for hydroxylation is 1. The molecule has 3 aromatic rings. The maximum Gasteiger partial charge on any atom is 0.349 e. The van der Waals surface area contributed by atoms with E-state index in [0.29, 0.717) is 29.4 Å². The highest BCUT2D eigenvalue weighted by atomic mass is 16.6. The molecule has 1 unspecified atom stereocenters. The summed E-state index contributed by atoms with van der Waals surface area (Å²) in [6.45, 7) is 4.23. The molecule has 1 aliphatic heterocycles. The Balaban J connectivity index is 1.58. The highest BCUT2D eigenvalue weighted by Crippen LogP contribution is 2.45. The van der Waals surface area contributed by atoms with Crippen molar-refractivity contribution in [3.05, 3.63) is 94.9 Å². The van der Waals surface area contributed by atoms with E-state index in [9.17, 15) is 10.1 Å². The van der Waals surface area contributed by atoms with Gasteiger partial charge < -0.3 is 24.7 Å². The second-order valence-corrected chi connectivity index (χ2v) is 8.04. The molecule has 7 nitrogen and oxygen atoms in total. The van der Waals surface area contributed by atoms with Crippen molar-refractivity contribution in [2.75, 3.05) is 13.2 Å². The number of fused-ring (bicyclic) bond motifs is 1. The van der Waals surface area contributed by atoms with Gasteiger partial charge in [0.05, 0.1) is 12.5 Å². The molecule has 2 N–H and O–H groups in total. The van der Waals surface area contributed by atoms with Crippen LogP contribution in [-0.4, -0.2) is 19.2 Å². The van der Waals surface area contributed by atoms with Crippen molar-refractivity contribution < 1.29 is 23.7 Å². The third-order valence-corrected chi connectivity index (χ3v) is 5.55. The molecule has 1 atom stereocenters. The summed E-state index contributed by atoms with van der Waals surface area (Å²) in [4.78, 5) is 12.4. The molecule has 3 aromatic carbocycles. The molecule has 0 radical (unpaired) electrons. The van der Waals surface area contributed by atoms with Gasteiger partial charge in [-0.1, -0.05) is 49.4 Å². The van der Waals surface area contributed by atoms with Crippen molar-refractivity contribution in [1.29, 1.82) is 5.26 Å². The van der Waals surface area contributed by atoms with Gasteiger partial charge in [-0.25, -0.2) is 4.79 Å². The van der Waals surface area contributed by atoms with Crippen molar-refractivity contribution in [2.45, 2.75) is 26.2 Å². The molecule has 0 saturated carbocycles. The lowest BCUT2D eigenvalue weighted by Gasteiger charge is -2.28. The highest BCUT2D eigenvalue weighted by Gasteiger charge is 2.33. The minimum atomic E-state index is -0.555. The normalized spacial score (nSPS) is 14.4. The average Bonchev–Trinajstić information content (AvgIpc) is 2.86. The molecule has 0 aromatic heterocycles. The lowest BCUT2D eigenvalue weighted by molar-refractivity contribution is -0.136. The first kappa shape index (κ1) is 23.7. The van der Waals surface area contributed by atoms with E-state index in [-0.39, 0.29) is 18.2 Å². The topological polar surface area (TPSA) is 104 Å². The Kier molecular flexibility index (Phi) is 7.22. The van der Waals surface area contributed by atoms with E-state index in [4.69, 9.17) is 24.7 Å². The number of carbonyl (C=O) groups excluding carboxylic acids is 1. The van der Waals surface area contributed by atoms with Gasteiger partial charge in [-0.05, 0) is 37.1 Å². The van der Waals surface area contributed by atoms with Crippen LogP contribution in [0.25, 0.3) is 0 Å². The number of carbonyl (C=O) groups is 1. The third kappa shape index (κ3) is 5.22. The summed E-state index contributed by atoms with van der Waals surface area (Å²) in [5, 5.41) is 9.84. The van der Waals surface area contributed by atoms with E-state index in [1.54, 1.807) is 24.3 Å². The largest absolute Gasteiger partial charge is 0.493 e. The summed E-state index contributed by atoms with van der Waals surface area (Å²) in [5.41, 5.74) is 8.87. The van der Waals surface area contributed by atoms with Gasteiger partial charge in [0.25, 0.3) is 0 Å². The number of benzene rings is 3. The number of ether oxygens (including phenoxy) is 4. The first-order chi connectivity index (χ1) is 17.0. The Labute approximate surface area is 204 Å². The van der Waals surface area contributed by atoms with Crippen LogP contribution in [-0.2, 0) is 4.79 Å². The average molecular weight is 471 g/mol. The fourth-order valence-electron chi connectivity index (χ4n) is 3.90. The first-order valence-corrected chi connectivity index (χ1v) is 11.3. The van der Waals surface area contributed by atoms with Crippen LogP contribution in [0, 0.1) is 18.3 Å². The number of nitrogens with zero attached hydrogens (tertiary/aromatic N) is 1. The Morgan fingerprint density at radius 1 is 1.03 bits per heavy atom. The van der Waals surface area contributed by atoms with Gasteiger partial charge in [0.2, 0.25) is 5.88 Å². The molecule has 1 heterocycles. The number of nitrogens with two attached hydrogens (primary N) is 1. The summed E-state index contributed by atoms with van der Waals surface area (Å²) in [6.07, 6.45) is 0.851. The van der Waals surface area contributed by atoms with Crippen molar-refractivity contribution in [1.82, 2.24) is 0 Å².